The first kappa shape index (κ1) is 14.9. The summed E-state index contributed by atoms with van der Waals surface area (Å²) in [6.07, 6.45) is 2.23. The van der Waals surface area contributed by atoms with Crippen LogP contribution in [0.15, 0.2) is 0 Å². The molecular formula is C11H22N2O3. The smallest absolute Gasteiger partial charge is 0.326 e. The number of rotatable bonds is 8. The number of aliphatic carboxylic acids is 1. The molecule has 5 heteroatoms. The predicted octanol–water partition coefficient (Wildman–Crippen LogP) is 0.731. The highest BCUT2D eigenvalue weighted by atomic mass is 16.4. The molecule has 0 saturated heterocycles. The number of amides is 1. The van der Waals surface area contributed by atoms with Crippen molar-refractivity contribution in [3.63, 3.8) is 0 Å². The Bertz CT molecular complexity index is 231. The molecular weight excluding hydrogens is 208 g/mol. The summed E-state index contributed by atoms with van der Waals surface area (Å²) < 4.78 is 0. The van der Waals surface area contributed by atoms with Crippen LogP contribution < -0.4 is 11.1 Å². The summed E-state index contributed by atoms with van der Waals surface area (Å²) in [5.41, 5.74) is 5.43. The molecule has 1 amide bonds. The maximum Gasteiger partial charge on any atom is 0.326 e. The topological polar surface area (TPSA) is 92.4 Å². The predicted molar refractivity (Wildman–Crippen MR) is 61.9 cm³/mol. The van der Waals surface area contributed by atoms with Crippen molar-refractivity contribution in [1.29, 1.82) is 0 Å². The van der Waals surface area contributed by atoms with Gasteiger partial charge in [-0.15, -0.1) is 0 Å². The number of carboxylic acid groups (broad SMARTS) is 1. The average molecular weight is 230 g/mol. The normalized spacial score (nSPS) is 14.2. The van der Waals surface area contributed by atoms with Crippen LogP contribution in [-0.4, -0.2) is 29.6 Å². The van der Waals surface area contributed by atoms with Crippen LogP contribution in [0.4, 0.5) is 0 Å². The molecule has 4 N–H and O–H groups in total. The lowest BCUT2D eigenvalue weighted by Gasteiger charge is -2.14. The molecule has 0 aromatic heterocycles. The number of nitrogens with one attached hydrogen (secondary N) is 1. The minimum Gasteiger partial charge on any atom is -0.480 e. The maximum absolute atomic E-state index is 11.4. The molecule has 2 atom stereocenters. The van der Waals surface area contributed by atoms with Crippen LogP contribution in [0, 0.1) is 5.92 Å². The van der Waals surface area contributed by atoms with Gasteiger partial charge >= 0.3 is 5.97 Å². The van der Waals surface area contributed by atoms with Gasteiger partial charge in [-0.2, -0.15) is 0 Å². The van der Waals surface area contributed by atoms with Crippen molar-refractivity contribution >= 4 is 11.9 Å². The third-order valence-electron chi connectivity index (χ3n) is 2.48. The number of hydrogen-bond acceptors (Lipinski definition) is 3. The highest BCUT2D eigenvalue weighted by Crippen LogP contribution is 2.04. The van der Waals surface area contributed by atoms with Crippen LogP contribution in [-0.2, 0) is 9.59 Å². The van der Waals surface area contributed by atoms with E-state index in [0.29, 0.717) is 31.7 Å². The molecule has 0 aromatic carbocycles. The fourth-order valence-electron chi connectivity index (χ4n) is 1.31. The van der Waals surface area contributed by atoms with Crippen molar-refractivity contribution in [2.24, 2.45) is 11.7 Å². The lowest BCUT2D eigenvalue weighted by molar-refractivity contribution is -0.142. The lowest BCUT2D eigenvalue weighted by atomic mass is 10.1. The van der Waals surface area contributed by atoms with Crippen LogP contribution in [0.5, 0.6) is 0 Å². The molecule has 0 bridgehead atoms. The van der Waals surface area contributed by atoms with Gasteiger partial charge in [0.25, 0.3) is 0 Å². The zero-order chi connectivity index (χ0) is 12.6. The van der Waals surface area contributed by atoms with Crippen LogP contribution in [0.25, 0.3) is 0 Å². The van der Waals surface area contributed by atoms with Gasteiger partial charge in [-0.3, -0.25) is 4.79 Å². The molecule has 0 aliphatic carbocycles. The summed E-state index contributed by atoms with van der Waals surface area (Å²) in [5.74, 6) is -0.886. The van der Waals surface area contributed by atoms with E-state index in [9.17, 15) is 9.59 Å². The molecule has 0 aromatic rings. The molecule has 94 valence electrons. The summed E-state index contributed by atoms with van der Waals surface area (Å²) in [5, 5.41) is 11.4. The third-order valence-corrected chi connectivity index (χ3v) is 2.48. The summed E-state index contributed by atoms with van der Waals surface area (Å²) >= 11 is 0. The first-order valence-corrected chi connectivity index (χ1v) is 5.73. The third kappa shape index (κ3) is 6.40. The lowest BCUT2D eigenvalue weighted by Crippen LogP contribution is -2.40. The number of carbonyl (C=O) groups is 2. The van der Waals surface area contributed by atoms with Crippen molar-refractivity contribution in [3.8, 4) is 0 Å². The van der Waals surface area contributed by atoms with E-state index in [0.717, 1.165) is 6.42 Å². The van der Waals surface area contributed by atoms with Gasteiger partial charge in [-0.25, -0.2) is 4.79 Å². The van der Waals surface area contributed by atoms with Crippen LogP contribution in [0.3, 0.4) is 0 Å². The molecule has 0 fully saturated rings. The SMILES string of the molecule is CCC[C@H](NC(=O)CCC(C)CN)C(=O)O. The molecule has 0 aliphatic heterocycles. The van der Waals surface area contributed by atoms with E-state index in [-0.39, 0.29) is 5.91 Å². The van der Waals surface area contributed by atoms with E-state index in [4.69, 9.17) is 10.8 Å². The Labute approximate surface area is 96.4 Å². The molecule has 0 saturated carbocycles. The summed E-state index contributed by atoms with van der Waals surface area (Å²) in [4.78, 5) is 22.2. The van der Waals surface area contributed by atoms with Gasteiger partial charge in [0.05, 0.1) is 0 Å². The molecule has 0 rings (SSSR count). The fraction of sp³-hybridized carbons (Fsp3) is 0.818. The van der Waals surface area contributed by atoms with E-state index in [1.165, 1.54) is 0 Å². The Morgan fingerprint density at radius 3 is 2.44 bits per heavy atom. The van der Waals surface area contributed by atoms with Crippen molar-refractivity contribution in [1.82, 2.24) is 5.32 Å². The second-order valence-corrected chi connectivity index (χ2v) is 4.13. The van der Waals surface area contributed by atoms with Crippen LogP contribution in [0.2, 0.25) is 0 Å². The van der Waals surface area contributed by atoms with E-state index >= 15 is 0 Å². The Balaban J connectivity index is 3.95. The molecule has 1 unspecified atom stereocenters. The monoisotopic (exact) mass is 230 g/mol. The Kier molecular flexibility index (Phi) is 7.54. The molecule has 0 spiro atoms. The molecule has 0 radical (unpaired) electrons. The largest absolute Gasteiger partial charge is 0.480 e. The van der Waals surface area contributed by atoms with Crippen molar-refractivity contribution in [2.75, 3.05) is 6.54 Å². The Morgan fingerprint density at radius 1 is 1.38 bits per heavy atom. The van der Waals surface area contributed by atoms with Gasteiger partial charge < -0.3 is 16.2 Å². The first-order chi connectivity index (χ1) is 7.51. The maximum atomic E-state index is 11.4. The summed E-state index contributed by atoms with van der Waals surface area (Å²) in [6.45, 7) is 4.40. The highest BCUT2D eigenvalue weighted by molar-refractivity contribution is 5.83. The van der Waals surface area contributed by atoms with Crippen molar-refractivity contribution in [3.05, 3.63) is 0 Å². The Hall–Kier alpha value is -1.10. The van der Waals surface area contributed by atoms with Gasteiger partial charge in [0.2, 0.25) is 5.91 Å². The second kappa shape index (κ2) is 8.10. The second-order valence-electron chi connectivity index (χ2n) is 4.13. The molecule has 16 heavy (non-hydrogen) atoms. The molecule has 0 aliphatic rings. The number of carboxylic acids is 1. The minimum absolute atomic E-state index is 0.207. The van der Waals surface area contributed by atoms with Crippen LogP contribution >= 0.6 is 0 Å². The standard InChI is InChI=1S/C11H22N2O3/c1-3-4-9(11(15)16)13-10(14)6-5-8(2)7-12/h8-9H,3-7,12H2,1-2H3,(H,13,14)(H,15,16)/t8?,9-/m0/s1. The number of hydrogen-bond donors (Lipinski definition) is 3. The first-order valence-electron chi connectivity index (χ1n) is 5.73. The molecule has 5 nitrogen and oxygen atoms in total. The van der Waals surface area contributed by atoms with Gasteiger partial charge in [-0.05, 0) is 25.3 Å². The van der Waals surface area contributed by atoms with Gasteiger partial charge in [0, 0.05) is 6.42 Å². The Morgan fingerprint density at radius 2 is 2.00 bits per heavy atom. The zero-order valence-corrected chi connectivity index (χ0v) is 10.0. The fourth-order valence-corrected chi connectivity index (χ4v) is 1.31. The highest BCUT2D eigenvalue weighted by Gasteiger charge is 2.18. The van der Waals surface area contributed by atoms with Gasteiger partial charge in [0.1, 0.15) is 6.04 Å². The van der Waals surface area contributed by atoms with Gasteiger partial charge in [-0.1, -0.05) is 20.3 Å². The van der Waals surface area contributed by atoms with Gasteiger partial charge in [0.15, 0.2) is 0 Å². The minimum atomic E-state index is -0.970. The quantitative estimate of drug-likeness (QED) is 0.573. The average Bonchev–Trinajstić information content (AvgIpc) is 2.25. The van der Waals surface area contributed by atoms with E-state index < -0.39 is 12.0 Å². The van der Waals surface area contributed by atoms with Crippen LogP contribution in [0.1, 0.15) is 39.5 Å². The summed E-state index contributed by atoms with van der Waals surface area (Å²) in [7, 11) is 0. The number of carbonyl (C=O) groups excluding carboxylic acids is 1. The van der Waals surface area contributed by atoms with E-state index in [2.05, 4.69) is 5.32 Å². The van der Waals surface area contributed by atoms with E-state index in [1.54, 1.807) is 0 Å². The number of nitrogens with two attached hydrogens (primary N) is 1. The van der Waals surface area contributed by atoms with Crippen molar-refractivity contribution < 1.29 is 14.7 Å². The zero-order valence-electron chi connectivity index (χ0n) is 10.0. The van der Waals surface area contributed by atoms with Crippen molar-refractivity contribution in [2.45, 2.75) is 45.6 Å². The van der Waals surface area contributed by atoms with E-state index in [1.807, 2.05) is 13.8 Å². The summed E-state index contributed by atoms with van der Waals surface area (Å²) in [6, 6.07) is -0.759. The molecule has 0 heterocycles.